The molecule has 1 aliphatic carbocycles. The van der Waals surface area contributed by atoms with Gasteiger partial charge in [-0.25, -0.2) is 4.98 Å². The molecule has 0 radical (unpaired) electrons. The van der Waals surface area contributed by atoms with Crippen LogP contribution in [0.1, 0.15) is 49.5 Å². The molecule has 0 N–H and O–H groups in total. The first-order valence-electron chi connectivity index (χ1n) is 6.67. The predicted octanol–water partition coefficient (Wildman–Crippen LogP) is 3.60. The van der Waals surface area contributed by atoms with E-state index in [0.29, 0.717) is 11.8 Å². The summed E-state index contributed by atoms with van der Waals surface area (Å²) in [7, 11) is 0. The first-order valence-corrected chi connectivity index (χ1v) is 6.67. The summed E-state index contributed by atoms with van der Waals surface area (Å²) in [5.74, 6) is 0.553. The number of aromatic nitrogens is 2. The first-order chi connectivity index (χ1) is 8.66. The Morgan fingerprint density at radius 1 is 1.39 bits per heavy atom. The summed E-state index contributed by atoms with van der Waals surface area (Å²) < 4.78 is 2.13. The van der Waals surface area contributed by atoms with Crippen molar-refractivity contribution in [3.63, 3.8) is 0 Å². The maximum atomic E-state index is 12.2. The average molecular weight is 242 g/mol. The monoisotopic (exact) mass is 242 g/mol. The lowest BCUT2D eigenvalue weighted by Gasteiger charge is -2.23. The second kappa shape index (κ2) is 4.23. The van der Waals surface area contributed by atoms with Crippen molar-refractivity contribution in [1.82, 2.24) is 9.55 Å². The lowest BCUT2D eigenvalue weighted by atomic mass is 9.80. The number of imidazole rings is 1. The van der Waals surface area contributed by atoms with Crippen LogP contribution in [0.5, 0.6) is 0 Å². The third kappa shape index (κ3) is 1.74. The molecule has 0 unspecified atom stereocenters. The molecule has 0 aliphatic heterocycles. The fourth-order valence-electron chi connectivity index (χ4n) is 2.50. The second-order valence-electron chi connectivity index (χ2n) is 5.44. The van der Waals surface area contributed by atoms with Crippen molar-refractivity contribution in [3.05, 3.63) is 30.1 Å². The van der Waals surface area contributed by atoms with Gasteiger partial charge in [-0.3, -0.25) is 4.79 Å². The molecule has 3 heteroatoms. The zero-order valence-electron chi connectivity index (χ0n) is 10.9. The van der Waals surface area contributed by atoms with Crippen molar-refractivity contribution >= 4 is 16.8 Å². The zero-order valence-corrected chi connectivity index (χ0v) is 10.9. The zero-order chi connectivity index (χ0) is 12.7. The number of rotatable bonds is 3. The van der Waals surface area contributed by atoms with Gasteiger partial charge in [-0.2, -0.15) is 0 Å². The molecule has 0 spiro atoms. The smallest absolute Gasteiger partial charge is 0.166 e. The molecule has 1 fully saturated rings. The number of benzene rings is 1. The Balaban J connectivity index is 1.99. The molecule has 3 nitrogen and oxygen atoms in total. The summed E-state index contributed by atoms with van der Waals surface area (Å²) in [4.78, 5) is 16.6. The van der Waals surface area contributed by atoms with E-state index in [1.165, 1.54) is 6.42 Å². The third-order valence-corrected chi connectivity index (χ3v) is 3.89. The summed E-state index contributed by atoms with van der Waals surface area (Å²) in [6.45, 7) is 4.27. The van der Waals surface area contributed by atoms with Gasteiger partial charge in [-0.1, -0.05) is 6.42 Å². The number of carbonyl (C=O) groups is 1. The van der Waals surface area contributed by atoms with Crippen LogP contribution < -0.4 is 0 Å². The Hall–Kier alpha value is -1.64. The van der Waals surface area contributed by atoms with Gasteiger partial charge >= 0.3 is 0 Å². The van der Waals surface area contributed by atoms with Gasteiger partial charge in [0.25, 0.3) is 0 Å². The minimum absolute atomic E-state index is 0.259. The van der Waals surface area contributed by atoms with Crippen LogP contribution in [-0.4, -0.2) is 15.3 Å². The number of hydrogen-bond donors (Lipinski definition) is 0. The second-order valence-corrected chi connectivity index (χ2v) is 5.44. The number of ketones is 1. The maximum Gasteiger partial charge on any atom is 0.166 e. The number of Topliss-reactive ketones (excluding diaryl/α,β-unsaturated/α-hetero) is 1. The molecule has 94 valence electrons. The molecule has 1 heterocycles. The summed E-state index contributed by atoms with van der Waals surface area (Å²) in [5.41, 5.74) is 2.85. The van der Waals surface area contributed by atoms with E-state index in [1.54, 1.807) is 0 Å². The van der Waals surface area contributed by atoms with Crippen LogP contribution in [0.2, 0.25) is 0 Å². The van der Waals surface area contributed by atoms with E-state index in [4.69, 9.17) is 0 Å². The van der Waals surface area contributed by atoms with E-state index in [0.717, 1.165) is 29.4 Å². The van der Waals surface area contributed by atoms with Crippen LogP contribution in [0, 0.1) is 5.92 Å². The Morgan fingerprint density at radius 2 is 2.17 bits per heavy atom. The van der Waals surface area contributed by atoms with Crippen molar-refractivity contribution < 1.29 is 4.79 Å². The quantitative estimate of drug-likeness (QED) is 0.771. The van der Waals surface area contributed by atoms with Crippen molar-refractivity contribution in [2.24, 2.45) is 5.92 Å². The Bertz CT molecular complexity index is 594. The van der Waals surface area contributed by atoms with Gasteiger partial charge in [-0.15, -0.1) is 0 Å². The first kappa shape index (κ1) is 11.5. The highest BCUT2D eigenvalue weighted by Gasteiger charge is 2.26. The Kier molecular flexibility index (Phi) is 2.69. The molecule has 1 saturated carbocycles. The van der Waals surface area contributed by atoms with Gasteiger partial charge in [0.2, 0.25) is 0 Å². The standard InChI is InChI=1S/C15H18N2O/c1-10(2)17-9-16-13-8-12(6-7-14(13)17)15(18)11-4-3-5-11/h6-11H,3-5H2,1-2H3. The highest BCUT2D eigenvalue weighted by molar-refractivity contribution is 6.00. The molecule has 0 atom stereocenters. The van der Waals surface area contributed by atoms with E-state index < -0.39 is 0 Å². The molecule has 1 aliphatic rings. The minimum Gasteiger partial charge on any atom is -0.328 e. The molecule has 1 aromatic heterocycles. The van der Waals surface area contributed by atoms with Crippen molar-refractivity contribution in [2.75, 3.05) is 0 Å². The summed E-state index contributed by atoms with van der Waals surface area (Å²) in [6.07, 6.45) is 5.15. The van der Waals surface area contributed by atoms with Crippen LogP contribution in [0.15, 0.2) is 24.5 Å². The van der Waals surface area contributed by atoms with Gasteiger partial charge in [0.05, 0.1) is 17.4 Å². The SMILES string of the molecule is CC(C)n1cnc2cc(C(=O)C3CCC3)ccc21. The largest absolute Gasteiger partial charge is 0.328 e. The molecule has 2 aromatic rings. The van der Waals surface area contributed by atoms with Gasteiger partial charge in [0.15, 0.2) is 5.78 Å². The maximum absolute atomic E-state index is 12.2. The number of hydrogen-bond acceptors (Lipinski definition) is 2. The van der Waals surface area contributed by atoms with Gasteiger partial charge in [0.1, 0.15) is 0 Å². The van der Waals surface area contributed by atoms with Gasteiger partial charge in [-0.05, 0) is 44.9 Å². The molecule has 1 aromatic carbocycles. The van der Waals surface area contributed by atoms with Crippen molar-refractivity contribution in [1.29, 1.82) is 0 Å². The summed E-state index contributed by atoms with van der Waals surface area (Å²) in [6, 6.07) is 6.30. The van der Waals surface area contributed by atoms with E-state index >= 15 is 0 Å². The average Bonchev–Trinajstić information content (AvgIpc) is 2.68. The van der Waals surface area contributed by atoms with Crippen molar-refractivity contribution in [2.45, 2.75) is 39.2 Å². The normalized spacial score (nSPS) is 16.2. The third-order valence-electron chi connectivity index (χ3n) is 3.89. The van der Waals surface area contributed by atoms with Crippen LogP contribution in [0.25, 0.3) is 11.0 Å². The number of nitrogens with zero attached hydrogens (tertiary/aromatic N) is 2. The van der Waals surface area contributed by atoms with Gasteiger partial charge < -0.3 is 4.57 Å². The Labute approximate surface area is 107 Å². The predicted molar refractivity (Wildman–Crippen MR) is 71.8 cm³/mol. The van der Waals surface area contributed by atoms with E-state index in [2.05, 4.69) is 23.4 Å². The fraction of sp³-hybridized carbons (Fsp3) is 0.467. The molecular weight excluding hydrogens is 224 g/mol. The number of fused-ring (bicyclic) bond motifs is 1. The minimum atomic E-state index is 0.259. The highest BCUT2D eigenvalue weighted by Crippen LogP contribution is 2.30. The molecule has 18 heavy (non-hydrogen) atoms. The fourth-order valence-corrected chi connectivity index (χ4v) is 2.50. The topological polar surface area (TPSA) is 34.9 Å². The Morgan fingerprint density at radius 3 is 2.78 bits per heavy atom. The summed E-state index contributed by atoms with van der Waals surface area (Å²) >= 11 is 0. The summed E-state index contributed by atoms with van der Waals surface area (Å²) in [5, 5.41) is 0. The molecule has 0 saturated heterocycles. The van der Waals surface area contributed by atoms with Crippen LogP contribution in [0.3, 0.4) is 0 Å². The van der Waals surface area contributed by atoms with E-state index in [-0.39, 0.29) is 5.92 Å². The van der Waals surface area contributed by atoms with Gasteiger partial charge in [0, 0.05) is 17.5 Å². The van der Waals surface area contributed by atoms with E-state index in [9.17, 15) is 4.79 Å². The van der Waals surface area contributed by atoms with Crippen LogP contribution in [-0.2, 0) is 0 Å². The highest BCUT2D eigenvalue weighted by atomic mass is 16.1. The van der Waals surface area contributed by atoms with Crippen molar-refractivity contribution in [3.8, 4) is 0 Å². The molecule has 0 amide bonds. The van der Waals surface area contributed by atoms with Crippen LogP contribution >= 0.6 is 0 Å². The van der Waals surface area contributed by atoms with Crippen LogP contribution in [0.4, 0.5) is 0 Å². The lowest BCUT2D eigenvalue weighted by molar-refractivity contribution is 0.0855. The van der Waals surface area contributed by atoms with E-state index in [1.807, 2.05) is 24.5 Å². The molecular formula is C15H18N2O. The molecule has 3 rings (SSSR count). The lowest BCUT2D eigenvalue weighted by Crippen LogP contribution is -2.21. The number of carbonyl (C=O) groups excluding carboxylic acids is 1. The molecule has 0 bridgehead atoms.